The molecular weight excluding hydrogens is 324 g/mol. The van der Waals surface area contributed by atoms with Crippen LogP contribution in [0.3, 0.4) is 0 Å². The lowest BCUT2D eigenvalue weighted by atomic mass is 10.1. The number of nitrogens with zero attached hydrogens (tertiary/aromatic N) is 2. The number of thiazole rings is 1. The van der Waals surface area contributed by atoms with Gasteiger partial charge in [-0.05, 0) is 45.4 Å². The molecule has 0 radical (unpaired) electrons. The molecule has 3 rings (SSSR count). The Morgan fingerprint density at radius 3 is 2.75 bits per heavy atom. The summed E-state index contributed by atoms with van der Waals surface area (Å²) < 4.78 is 7.54. The van der Waals surface area contributed by atoms with Crippen molar-refractivity contribution in [1.82, 2.24) is 4.57 Å². The molecule has 128 valence electrons. The zero-order chi connectivity index (χ0) is 17.4. The number of aromatic nitrogens is 1. The van der Waals surface area contributed by atoms with Gasteiger partial charge in [0, 0.05) is 23.5 Å². The predicted molar refractivity (Wildman–Crippen MR) is 96.3 cm³/mol. The van der Waals surface area contributed by atoms with Gasteiger partial charge < -0.3 is 14.2 Å². The van der Waals surface area contributed by atoms with Crippen LogP contribution in [0.1, 0.15) is 29.5 Å². The standard InChI is InChI=1S/C18H22N2O3S/c1-11-5-6-15-16(9-11)23-12(2)10-20(15)17(21)7-8-19-13(3)14(4)24-18(19)22/h5-6,9,12H,7-8,10H2,1-4H3/t12-/m0/s1. The largest absolute Gasteiger partial charge is 0.487 e. The first-order chi connectivity index (χ1) is 11.4. The maximum atomic E-state index is 12.8. The van der Waals surface area contributed by atoms with Crippen LogP contribution in [0.2, 0.25) is 0 Å². The molecule has 0 aliphatic carbocycles. The highest BCUT2D eigenvalue weighted by Crippen LogP contribution is 2.34. The maximum Gasteiger partial charge on any atom is 0.307 e. The number of carbonyl (C=O) groups is 1. The highest BCUT2D eigenvalue weighted by Gasteiger charge is 2.27. The average molecular weight is 346 g/mol. The van der Waals surface area contributed by atoms with Crippen molar-refractivity contribution in [2.75, 3.05) is 11.4 Å². The SMILES string of the molecule is Cc1ccc2c(c1)O[C@@H](C)CN2C(=O)CCn1c(C)c(C)sc1=O. The summed E-state index contributed by atoms with van der Waals surface area (Å²) >= 11 is 1.24. The van der Waals surface area contributed by atoms with E-state index in [1.165, 1.54) is 11.3 Å². The number of hydrogen-bond acceptors (Lipinski definition) is 4. The van der Waals surface area contributed by atoms with Gasteiger partial charge in [0.25, 0.3) is 0 Å². The van der Waals surface area contributed by atoms with Gasteiger partial charge in [-0.2, -0.15) is 0 Å². The topological polar surface area (TPSA) is 51.5 Å². The van der Waals surface area contributed by atoms with Crippen LogP contribution in [-0.4, -0.2) is 23.1 Å². The molecular formula is C18H22N2O3S. The first-order valence-electron chi connectivity index (χ1n) is 8.11. The van der Waals surface area contributed by atoms with Crippen LogP contribution in [0.25, 0.3) is 0 Å². The average Bonchev–Trinajstić information content (AvgIpc) is 2.76. The van der Waals surface area contributed by atoms with Crippen LogP contribution >= 0.6 is 11.3 Å². The third kappa shape index (κ3) is 3.11. The smallest absolute Gasteiger partial charge is 0.307 e. The van der Waals surface area contributed by atoms with E-state index in [9.17, 15) is 9.59 Å². The second-order valence-corrected chi connectivity index (χ2v) is 7.48. The third-order valence-electron chi connectivity index (χ3n) is 4.40. The zero-order valence-electron chi connectivity index (χ0n) is 14.5. The number of rotatable bonds is 3. The molecule has 2 heterocycles. The van der Waals surface area contributed by atoms with Crippen LogP contribution in [0.5, 0.6) is 5.75 Å². The molecule has 0 fully saturated rings. The van der Waals surface area contributed by atoms with Gasteiger partial charge in [-0.1, -0.05) is 17.4 Å². The monoisotopic (exact) mass is 346 g/mol. The summed E-state index contributed by atoms with van der Waals surface area (Å²) in [6, 6.07) is 5.87. The van der Waals surface area contributed by atoms with Gasteiger partial charge in [-0.3, -0.25) is 9.59 Å². The summed E-state index contributed by atoms with van der Waals surface area (Å²) in [6.45, 7) is 8.77. The van der Waals surface area contributed by atoms with Gasteiger partial charge in [0.15, 0.2) is 0 Å². The molecule has 1 atom stereocenters. The molecule has 0 saturated heterocycles. The van der Waals surface area contributed by atoms with Gasteiger partial charge in [0.2, 0.25) is 5.91 Å². The van der Waals surface area contributed by atoms with E-state index in [0.29, 0.717) is 19.5 Å². The zero-order valence-corrected chi connectivity index (χ0v) is 15.3. The minimum absolute atomic E-state index is 0.00386. The molecule has 1 aromatic heterocycles. The molecule has 6 heteroatoms. The fourth-order valence-corrected chi connectivity index (χ4v) is 3.83. The van der Waals surface area contributed by atoms with Crippen molar-refractivity contribution in [3.05, 3.63) is 44.0 Å². The number of benzene rings is 1. The first kappa shape index (κ1) is 16.8. The molecule has 1 aliphatic heterocycles. The van der Waals surface area contributed by atoms with Crippen molar-refractivity contribution in [3.63, 3.8) is 0 Å². The number of anilines is 1. The molecule has 24 heavy (non-hydrogen) atoms. The summed E-state index contributed by atoms with van der Waals surface area (Å²) in [5.41, 5.74) is 2.87. The fraction of sp³-hybridized carbons (Fsp3) is 0.444. The molecule has 0 saturated carbocycles. The summed E-state index contributed by atoms with van der Waals surface area (Å²) in [5, 5.41) is 0. The van der Waals surface area contributed by atoms with Crippen LogP contribution < -0.4 is 14.5 Å². The van der Waals surface area contributed by atoms with Crippen LogP contribution in [-0.2, 0) is 11.3 Å². The highest BCUT2D eigenvalue weighted by atomic mass is 32.1. The first-order valence-corrected chi connectivity index (χ1v) is 8.93. The fourth-order valence-electron chi connectivity index (χ4n) is 2.97. The van der Waals surface area contributed by atoms with E-state index in [-0.39, 0.29) is 16.9 Å². The Labute approximate surface area is 145 Å². The third-order valence-corrected chi connectivity index (χ3v) is 5.40. The second-order valence-electron chi connectivity index (χ2n) is 6.32. The van der Waals surface area contributed by atoms with E-state index < -0.39 is 0 Å². The summed E-state index contributed by atoms with van der Waals surface area (Å²) in [5.74, 6) is 0.771. The van der Waals surface area contributed by atoms with Crippen molar-refractivity contribution in [2.45, 2.75) is 46.8 Å². The van der Waals surface area contributed by atoms with Gasteiger partial charge >= 0.3 is 4.87 Å². The molecule has 2 aromatic rings. The lowest BCUT2D eigenvalue weighted by Gasteiger charge is -2.33. The van der Waals surface area contributed by atoms with E-state index in [0.717, 1.165) is 27.6 Å². The second kappa shape index (κ2) is 6.43. The van der Waals surface area contributed by atoms with Gasteiger partial charge in [0.1, 0.15) is 11.9 Å². The summed E-state index contributed by atoms with van der Waals surface area (Å²) in [7, 11) is 0. The maximum absolute atomic E-state index is 12.8. The Morgan fingerprint density at radius 2 is 2.08 bits per heavy atom. The Balaban J connectivity index is 1.79. The van der Waals surface area contributed by atoms with Crippen molar-refractivity contribution in [3.8, 4) is 5.75 Å². The van der Waals surface area contributed by atoms with E-state index in [1.54, 1.807) is 9.47 Å². The molecule has 1 aromatic carbocycles. The number of amides is 1. The Bertz CT molecular complexity index is 837. The predicted octanol–water partition coefficient (Wildman–Crippen LogP) is 3.04. The molecule has 1 aliphatic rings. The molecule has 1 amide bonds. The van der Waals surface area contributed by atoms with Gasteiger partial charge in [0.05, 0.1) is 12.2 Å². The van der Waals surface area contributed by atoms with Crippen molar-refractivity contribution < 1.29 is 9.53 Å². The van der Waals surface area contributed by atoms with E-state index in [4.69, 9.17) is 4.74 Å². The molecule has 0 spiro atoms. The van der Waals surface area contributed by atoms with Crippen molar-refractivity contribution >= 4 is 22.9 Å². The van der Waals surface area contributed by atoms with Gasteiger partial charge in [-0.15, -0.1) is 0 Å². The van der Waals surface area contributed by atoms with Gasteiger partial charge in [-0.25, -0.2) is 0 Å². The normalized spacial score (nSPS) is 16.7. The van der Waals surface area contributed by atoms with Crippen molar-refractivity contribution in [1.29, 1.82) is 0 Å². The Hall–Kier alpha value is -2.08. The van der Waals surface area contributed by atoms with E-state index in [1.807, 2.05) is 45.9 Å². The number of hydrogen-bond donors (Lipinski definition) is 0. The Morgan fingerprint density at radius 1 is 1.33 bits per heavy atom. The number of fused-ring (bicyclic) bond motifs is 1. The molecule has 0 N–H and O–H groups in total. The van der Waals surface area contributed by atoms with E-state index in [2.05, 4.69) is 0 Å². The minimum Gasteiger partial charge on any atom is -0.487 e. The molecule has 5 nitrogen and oxygen atoms in total. The van der Waals surface area contributed by atoms with Crippen molar-refractivity contribution in [2.24, 2.45) is 0 Å². The molecule has 0 bridgehead atoms. The number of carbonyl (C=O) groups excluding carboxylic acids is 1. The van der Waals surface area contributed by atoms with Crippen LogP contribution in [0.4, 0.5) is 5.69 Å². The van der Waals surface area contributed by atoms with E-state index >= 15 is 0 Å². The quantitative estimate of drug-likeness (QED) is 0.858. The van der Waals surface area contributed by atoms with Crippen LogP contribution in [0, 0.1) is 20.8 Å². The lowest BCUT2D eigenvalue weighted by Crippen LogP contribution is -2.42. The highest BCUT2D eigenvalue weighted by molar-refractivity contribution is 7.09. The molecule has 0 unspecified atom stereocenters. The minimum atomic E-state index is -0.0453. The Kier molecular flexibility index (Phi) is 4.49. The lowest BCUT2D eigenvalue weighted by molar-refractivity contribution is -0.119. The number of ether oxygens (including phenoxy) is 1. The summed E-state index contributed by atoms with van der Waals surface area (Å²) in [6.07, 6.45) is 0.257. The number of aryl methyl sites for hydroxylation is 2. The van der Waals surface area contributed by atoms with Crippen LogP contribution in [0.15, 0.2) is 23.0 Å². The summed E-state index contributed by atoms with van der Waals surface area (Å²) in [4.78, 5) is 27.5.